The van der Waals surface area contributed by atoms with E-state index < -0.39 is 0 Å². The van der Waals surface area contributed by atoms with Gasteiger partial charge < -0.3 is 4.90 Å². The topological polar surface area (TPSA) is 35.9 Å². The van der Waals surface area contributed by atoms with E-state index in [1.807, 2.05) is 60.7 Å². The molecular formula is C32H35N3OS. The first kappa shape index (κ1) is 25.3. The minimum atomic E-state index is -0.0372. The van der Waals surface area contributed by atoms with E-state index in [9.17, 15) is 4.79 Å². The van der Waals surface area contributed by atoms with E-state index in [1.165, 1.54) is 28.6 Å². The molecule has 4 nitrogen and oxygen atoms in total. The molecule has 37 heavy (non-hydrogen) atoms. The number of aliphatic imine (C=N–C) groups is 1. The molecule has 5 rings (SSSR count). The smallest absolute Gasteiger partial charge is 0.271 e. The summed E-state index contributed by atoms with van der Waals surface area (Å²) >= 11 is 1.44. The fourth-order valence-electron chi connectivity index (χ4n) is 5.56. The molecule has 0 saturated carbocycles. The van der Waals surface area contributed by atoms with Gasteiger partial charge in [0.1, 0.15) is 0 Å². The normalized spacial score (nSPS) is 21.1. The number of amides is 1. The molecule has 2 aliphatic heterocycles. The van der Waals surface area contributed by atoms with Gasteiger partial charge in [0.25, 0.3) is 5.91 Å². The van der Waals surface area contributed by atoms with Gasteiger partial charge in [-0.1, -0.05) is 50.2 Å². The van der Waals surface area contributed by atoms with Gasteiger partial charge in [0.2, 0.25) is 0 Å². The fraction of sp³-hybridized carbons (Fsp3) is 0.312. The first-order valence-corrected chi connectivity index (χ1v) is 13.9. The molecule has 0 N–H and O–H groups in total. The zero-order valence-electron chi connectivity index (χ0n) is 22.4. The minimum absolute atomic E-state index is 0.0372. The third-order valence-electron chi connectivity index (χ3n) is 7.31. The van der Waals surface area contributed by atoms with Gasteiger partial charge in [-0.15, -0.1) is 0 Å². The van der Waals surface area contributed by atoms with Gasteiger partial charge in [0, 0.05) is 17.8 Å². The molecule has 3 aromatic carbocycles. The summed E-state index contributed by atoms with van der Waals surface area (Å²) in [4.78, 5) is 23.6. The number of rotatable bonds is 5. The highest BCUT2D eigenvalue weighted by molar-refractivity contribution is 8.19. The highest BCUT2D eigenvalue weighted by Crippen LogP contribution is 2.45. The fourth-order valence-corrected chi connectivity index (χ4v) is 6.55. The van der Waals surface area contributed by atoms with E-state index in [4.69, 9.17) is 4.99 Å². The zero-order chi connectivity index (χ0) is 26.2. The lowest BCUT2D eigenvalue weighted by Crippen LogP contribution is -2.48. The van der Waals surface area contributed by atoms with Crippen LogP contribution < -0.4 is 9.80 Å². The molecule has 5 heteroatoms. The van der Waals surface area contributed by atoms with Crippen LogP contribution in [0.1, 0.15) is 63.1 Å². The Kier molecular flexibility index (Phi) is 7.00. The van der Waals surface area contributed by atoms with Crippen LogP contribution in [0.3, 0.4) is 0 Å². The largest absolute Gasteiger partial charge is 0.366 e. The van der Waals surface area contributed by atoms with E-state index >= 15 is 0 Å². The van der Waals surface area contributed by atoms with Crippen LogP contribution in [0.15, 0.2) is 82.7 Å². The number of fused-ring (bicyclic) bond motifs is 1. The highest BCUT2D eigenvalue weighted by Gasteiger charge is 2.37. The minimum Gasteiger partial charge on any atom is -0.366 e. The summed E-state index contributed by atoms with van der Waals surface area (Å²) in [5.74, 6) is 0.420. The van der Waals surface area contributed by atoms with Crippen LogP contribution in [0.2, 0.25) is 0 Å². The van der Waals surface area contributed by atoms with Crippen molar-refractivity contribution in [3.05, 3.63) is 94.4 Å². The van der Waals surface area contributed by atoms with Crippen LogP contribution >= 0.6 is 11.8 Å². The molecule has 0 spiro atoms. The first-order valence-electron chi connectivity index (χ1n) is 13.1. The quantitative estimate of drug-likeness (QED) is 0.325. The van der Waals surface area contributed by atoms with Crippen molar-refractivity contribution >= 4 is 46.0 Å². The van der Waals surface area contributed by atoms with Gasteiger partial charge in [-0.3, -0.25) is 9.69 Å². The lowest BCUT2D eigenvalue weighted by atomic mass is 9.79. The zero-order valence-corrected chi connectivity index (χ0v) is 23.2. The Morgan fingerprint density at radius 1 is 1.05 bits per heavy atom. The van der Waals surface area contributed by atoms with E-state index in [1.54, 1.807) is 4.90 Å². The van der Waals surface area contributed by atoms with Crippen molar-refractivity contribution < 1.29 is 4.79 Å². The number of anilines is 2. The molecule has 3 aromatic rings. The molecule has 190 valence electrons. The van der Waals surface area contributed by atoms with Gasteiger partial charge in [-0.2, -0.15) is 0 Å². The van der Waals surface area contributed by atoms with Crippen LogP contribution in [-0.4, -0.2) is 23.2 Å². The summed E-state index contributed by atoms with van der Waals surface area (Å²) in [6, 6.07) is 24.2. The number of carbonyl (C=O) groups excluding carboxylic acids is 1. The van der Waals surface area contributed by atoms with Crippen LogP contribution in [-0.2, 0) is 4.79 Å². The molecule has 1 atom stereocenters. The van der Waals surface area contributed by atoms with Gasteiger partial charge in [0.15, 0.2) is 5.17 Å². The number of thioether (sulfide) groups is 1. The third kappa shape index (κ3) is 4.97. The Balaban J connectivity index is 1.57. The lowest BCUT2D eigenvalue weighted by molar-refractivity contribution is -0.113. The van der Waals surface area contributed by atoms with Crippen LogP contribution in [0.5, 0.6) is 0 Å². The molecule has 1 amide bonds. The van der Waals surface area contributed by atoms with E-state index in [-0.39, 0.29) is 11.4 Å². The second kappa shape index (κ2) is 10.2. The van der Waals surface area contributed by atoms with Crippen LogP contribution in [0, 0.1) is 6.92 Å². The Morgan fingerprint density at radius 3 is 2.41 bits per heavy atom. The highest BCUT2D eigenvalue weighted by atomic mass is 32.2. The average molecular weight is 510 g/mol. The van der Waals surface area contributed by atoms with Crippen molar-refractivity contribution in [2.75, 3.05) is 16.3 Å². The number of benzene rings is 3. The van der Waals surface area contributed by atoms with Gasteiger partial charge in [-0.25, -0.2) is 4.99 Å². The maximum Gasteiger partial charge on any atom is 0.271 e. The Labute approximate surface area is 225 Å². The second-order valence-electron chi connectivity index (χ2n) is 10.7. The molecule has 2 aliphatic rings. The molecular weight excluding hydrogens is 474 g/mol. The number of aryl methyl sites for hydroxylation is 1. The van der Waals surface area contributed by atoms with Crippen molar-refractivity contribution in [1.82, 2.24) is 0 Å². The predicted molar refractivity (Wildman–Crippen MR) is 159 cm³/mol. The second-order valence-corrected chi connectivity index (χ2v) is 11.7. The Hall–Kier alpha value is -3.31. The standard InChI is InChI=1S/C32H35N3OS/c1-6-17-34-28-18-22(2)24(19-27(28)23(3)21-32(34,4)5)20-29-30(36)35(26-15-11-8-12-16-26)31(37-29)33-25-13-9-7-10-14-25/h7-16,18-20,23H,6,17,21H2,1-5H3/b29-20+,33-31?. The van der Waals surface area contributed by atoms with Crippen molar-refractivity contribution in [3.8, 4) is 0 Å². The van der Waals surface area contributed by atoms with E-state index in [0.717, 1.165) is 36.3 Å². The maximum atomic E-state index is 13.7. The van der Waals surface area contributed by atoms with Crippen LogP contribution in [0.4, 0.5) is 17.1 Å². The lowest BCUT2D eigenvalue weighted by Gasteiger charge is -2.48. The van der Waals surface area contributed by atoms with Crippen LogP contribution in [0.25, 0.3) is 6.08 Å². The molecule has 0 radical (unpaired) electrons. The van der Waals surface area contributed by atoms with Crippen molar-refractivity contribution in [2.24, 2.45) is 4.99 Å². The monoisotopic (exact) mass is 509 g/mol. The maximum absolute atomic E-state index is 13.7. The third-order valence-corrected chi connectivity index (χ3v) is 8.28. The van der Waals surface area contributed by atoms with E-state index in [2.05, 4.69) is 57.7 Å². The first-order chi connectivity index (χ1) is 17.8. The summed E-state index contributed by atoms with van der Waals surface area (Å²) in [6.07, 6.45) is 4.29. The number of hydrogen-bond acceptors (Lipinski definition) is 4. The van der Waals surface area contributed by atoms with Gasteiger partial charge >= 0.3 is 0 Å². The molecule has 2 heterocycles. The molecule has 0 bridgehead atoms. The number of para-hydroxylation sites is 2. The number of hydrogen-bond donors (Lipinski definition) is 0. The molecule has 0 aliphatic carbocycles. The van der Waals surface area contributed by atoms with Crippen molar-refractivity contribution in [2.45, 2.75) is 58.9 Å². The van der Waals surface area contributed by atoms with Crippen molar-refractivity contribution in [3.63, 3.8) is 0 Å². The molecule has 0 aromatic heterocycles. The SMILES string of the molecule is CCCN1c2cc(C)c(/C=C3/SC(=Nc4ccccc4)N(c4ccccc4)C3=O)cc2C(C)CC1(C)C. The van der Waals surface area contributed by atoms with Gasteiger partial charge in [0.05, 0.1) is 16.3 Å². The van der Waals surface area contributed by atoms with E-state index in [0.29, 0.717) is 16.0 Å². The predicted octanol–water partition coefficient (Wildman–Crippen LogP) is 8.31. The number of nitrogens with zero attached hydrogens (tertiary/aromatic N) is 3. The summed E-state index contributed by atoms with van der Waals surface area (Å²) < 4.78 is 0. The Morgan fingerprint density at radius 2 is 1.73 bits per heavy atom. The molecule has 1 unspecified atom stereocenters. The molecule has 1 fully saturated rings. The summed E-state index contributed by atoms with van der Waals surface area (Å²) in [6.45, 7) is 12.5. The number of amidine groups is 1. The summed E-state index contributed by atoms with van der Waals surface area (Å²) in [5.41, 5.74) is 6.79. The van der Waals surface area contributed by atoms with Crippen molar-refractivity contribution in [1.29, 1.82) is 0 Å². The summed E-state index contributed by atoms with van der Waals surface area (Å²) in [7, 11) is 0. The summed E-state index contributed by atoms with van der Waals surface area (Å²) in [5, 5.41) is 0.675. The Bertz CT molecular complexity index is 1360. The average Bonchev–Trinajstić information content (AvgIpc) is 3.17. The number of carbonyl (C=O) groups is 1. The molecule has 1 saturated heterocycles. The van der Waals surface area contributed by atoms with Gasteiger partial charge in [-0.05, 0) is 110 Å².